The number of anilines is 2. The van der Waals surface area contributed by atoms with Gasteiger partial charge >= 0.3 is 0 Å². The number of nitrogens with one attached hydrogen (secondary N) is 2. The van der Waals surface area contributed by atoms with E-state index in [2.05, 4.69) is 55.3 Å². The molecule has 0 radical (unpaired) electrons. The molecule has 3 aromatic rings. The molecule has 0 aliphatic carbocycles. The predicted octanol–water partition coefficient (Wildman–Crippen LogP) is 3.74. The summed E-state index contributed by atoms with van der Waals surface area (Å²) in [5, 5.41) is 16.3. The minimum absolute atomic E-state index is 0.234. The Hall–Kier alpha value is -2.36. The standard InChI is InChI=1S/C19H22N6OS2/c1-25-8-2-4-13(17(25)15-5-3-9-27-15)10-20-16-7-6-14(11-21-16)18(26)23-19-24-22-12-28-19/h3,5-7,9,11-13,17H,2,4,8,10H2,1H3,(H,20,21)(H,23,24,26). The molecular formula is C19H22N6OS2. The average Bonchev–Trinajstić information content (AvgIpc) is 3.41. The number of carbonyl (C=O) groups is 1. The highest BCUT2D eigenvalue weighted by atomic mass is 32.1. The average molecular weight is 415 g/mol. The third-order valence-electron chi connectivity index (χ3n) is 4.99. The number of piperidine rings is 1. The van der Waals surface area contributed by atoms with E-state index in [0.717, 1.165) is 18.9 Å². The Morgan fingerprint density at radius 1 is 1.32 bits per heavy atom. The molecule has 4 rings (SSSR count). The number of thiophene rings is 1. The fourth-order valence-electron chi connectivity index (χ4n) is 3.65. The Balaban J connectivity index is 1.37. The Bertz CT molecular complexity index is 882. The van der Waals surface area contributed by atoms with Crippen LogP contribution < -0.4 is 10.6 Å². The maximum absolute atomic E-state index is 12.2. The Kier molecular flexibility index (Phi) is 5.94. The summed E-state index contributed by atoms with van der Waals surface area (Å²) in [4.78, 5) is 20.5. The lowest BCUT2D eigenvalue weighted by molar-refractivity contribution is 0.102. The van der Waals surface area contributed by atoms with Crippen molar-refractivity contribution >= 4 is 39.5 Å². The minimum atomic E-state index is -0.234. The normalized spacial score (nSPS) is 20.0. The van der Waals surface area contributed by atoms with Crippen molar-refractivity contribution in [3.05, 3.63) is 51.8 Å². The van der Waals surface area contributed by atoms with Crippen LogP contribution in [0.4, 0.5) is 10.9 Å². The molecule has 2 N–H and O–H groups in total. The van der Waals surface area contributed by atoms with Gasteiger partial charge in [0.15, 0.2) is 0 Å². The Labute approximate surface area is 171 Å². The highest BCUT2D eigenvalue weighted by Gasteiger charge is 2.31. The minimum Gasteiger partial charge on any atom is -0.370 e. The molecule has 1 saturated heterocycles. The van der Waals surface area contributed by atoms with E-state index in [1.807, 2.05) is 17.4 Å². The van der Waals surface area contributed by atoms with E-state index in [9.17, 15) is 4.79 Å². The molecule has 3 aromatic heterocycles. The monoisotopic (exact) mass is 414 g/mol. The van der Waals surface area contributed by atoms with Gasteiger partial charge in [-0.1, -0.05) is 17.4 Å². The largest absolute Gasteiger partial charge is 0.370 e. The Morgan fingerprint density at radius 3 is 2.96 bits per heavy atom. The van der Waals surface area contributed by atoms with Crippen LogP contribution in [0.3, 0.4) is 0 Å². The van der Waals surface area contributed by atoms with Crippen LogP contribution in [0.1, 0.15) is 34.1 Å². The number of pyridine rings is 1. The number of nitrogens with zero attached hydrogens (tertiary/aromatic N) is 4. The van der Waals surface area contributed by atoms with Gasteiger partial charge in [0.2, 0.25) is 5.13 Å². The highest BCUT2D eigenvalue weighted by molar-refractivity contribution is 7.13. The lowest BCUT2D eigenvalue weighted by Crippen LogP contribution is -2.38. The van der Waals surface area contributed by atoms with Crippen LogP contribution in [0.25, 0.3) is 0 Å². The molecule has 1 fully saturated rings. The molecule has 1 aliphatic heterocycles. The van der Waals surface area contributed by atoms with Crippen molar-refractivity contribution in [3.8, 4) is 0 Å². The fourth-order valence-corrected chi connectivity index (χ4v) is 5.07. The van der Waals surface area contributed by atoms with Crippen molar-refractivity contribution in [2.75, 3.05) is 30.8 Å². The first kappa shape index (κ1) is 19.0. The van der Waals surface area contributed by atoms with E-state index < -0.39 is 0 Å². The number of hydrogen-bond acceptors (Lipinski definition) is 8. The second-order valence-electron chi connectivity index (χ2n) is 6.85. The molecule has 146 valence electrons. The molecule has 1 amide bonds. The summed E-state index contributed by atoms with van der Waals surface area (Å²) in [5.74, 6) is 1.08. The van der Waals surface area contributed by atoms with Gasteiger partial charge in [0.25, 0.3) is 5.91 Å². The fraction of sp³-hybridized carbons (Fsp3) is 0.368. The third kappa shape index (κ3) is 4.37. The molecule has 0 saturated carbocycles. The van der Waals surface area contributed by atoms with Crippen molar-refractivity contribution in [2.24, 2.45) is 5.92 Å². The predicted molar refractivity (Wildman–Crippen MR) is 113 cm³/mol. The molecule has 0 spiro atoms. The van der Waals surface area contributed by atoms with Crippen molar-refractivity contribution < 1.29 is 4.79 Å². The maximum atomic E-state index is 12.2. The zero-order valence-electron chi connectivity index (χ0n) is 15.5. The van der Waals surface area contributed by atoms with E-state index in [0.29, 0.717) is 22.7 Å². The second-order valence-corrected chi connectivity index (χ2v) is 8.67. The molecule has 0 bridgehead atoms. The topological polar surface area (TPSA) is 83.0 Å². The Morgan fingerprint density at radius 2 is 2.25 bits per heavy atom. The summed E-state index contributed by atoms with van der Waals surface area (Å²) in [5.41, 5.74) is 2.07. The van der Waals surface area contributed by atoms with Crippen LogP contribution in [-0.2, 0) is 0 Å². The van der Waals surface area contributed by atoms with E-state index in [-0.39, 0.29) is 5.91 Å². The molecule has 0 aromatic carbocycles. The van der Waals surface area contributed by atoms with Crippen molar-refractivity contribution in [1.29, 1.82) is 0 Å². The van der Waals surface area contributed by atoms with Gasteiger partial charge in [-0.3, -0.25) is 15.0 Å². The molecule has 1 aliphatic rings. The van der Waals surface area contributed by atoms with Gasteiger partial charge in [-0.25, -0.2) is 4.98 Å². The first-order valence-corrected chi connectivity index (χ1v) is 11.0. The van der Waals surface area contributed by atoms with Gasteiger partial charge in [0.1, 0.15) is 11.3 Å². The molecule has 28 heavy (non-hydrogen) atoms. The maximum Gasteiger partial charge on any atom is 0.259 e. The van der Waals surface area contributed by atoms with Crippen LogP contribution >= 0.6 is 22.7 Å². The number of carbonyl (C=O) groups excluding carboxylic acids is 1. The van der Waals surface area contributed by atoms with Gasteiger partial charge in [-0.2, -0.15) is 0 Å². The zero-order chi connectivity index (χ0) is 19.3. The second kappa shape index (κ2) is 8.76. The van der Waals surface area contributed by atoms with Gasteiger partial charge < -0.3 is 5.32 Å². The molecule has 7 nitrogen and oxygen atoms in total. The molecule has 4 heterocycles. The summed E-state index contributed by atoms with van der Waals surface area (Å²) in [6, 6.07) is 8.42. The summed E-state index contributed by atoms with van der Waals surface area (Å²) >= 11 is 3.11. The van der Waals surface area contributed by atoms with Crippen LogP contribution in [-0.4, -0.2) is 46.1 Å². The number of likely N-dealkylation sites (tertiary alicyclic amines) is 1. The summed E-state index contributed by atoms with van der Waals surface area (Å²) in [6.07, 6.45) is 3.99. The third-order valence-corrected chi connectivity index (χ3v) is 6.54. The molecular weight excluding hydrogens is 392 g/mol. The first-order chi connectivity index (χ1) is 13.7. The lowest BCUT2D eigenvalue weighted by atomic mass is 9.88. The SMILES string of the molecule is CN1CCCC(CNc2ccc(C(=O)Nc3nncs3)cn2)C1c1cccs1. The molecule has 9 heteroatoms. The van der Waals surface area contributed by atoms with Crippen LogP contribution in [0.5, 0.6) is 0 Å². The summed E-state index contributed by atoms with van der Waals surface area (Å²) in [6.45, 7) is 1.99. The van der Waals surface area contributed by atoms with Crippen LogP contribution in [0, 0.1) is 5.92 Å². The van der Waals surface area contributed by atoms with Gasteiger partial charge in [-0.05, 0) is 55.9 Å². The molecule has 2 atom stereocenters. The van der Waals surface area contributed by atoms with Crippen molar-refractivity contribution in [3.63, 3.8) is 0 Å². The summed E-state index contributed by atoms with van der Waals surface area (Å²) in [7, 11) is 2.21. The molecule has 2 unspecified atom stereocenters. The highest BCUT2D eigenvalue weighted by Crippen LogP contribution is 2.37. The van der Waals surface area contributed by atoms with E-state index in [1.165, 1.54) is 29.1 Å². The van der Waals surface area contributed by atoms with Gasteiger partial charge in [0.05, 0.1) is 5.56 Å². The number of rotatable bonds is 6. The lowest BCUT2D eigenvalue weighted by Gasteiger charge is -2.39. The van der Waals surface area contributed by atoms with Crippen molar-refractivity contribution in [2.45, 2.75) is 18.9 Å². The zero-order valence-corrected chi connectivity index (χ0v) is 17.2. The quantitative estimate of drug-likeness (QED) is 0.639. The number of amides is 1. The van der Waals surface area contributed by atoms with Gasteiger partial charge in [0, 0.05) is 23.7 Å². The van der Waals surface area contributed by atoms with E-state index >= 15 is 0 Å². The van der Waals surface area contributed by atoms with Gasteiger partial charge in [-0.15, -0.1) is 21.5 Å². The summed E-state index contributed by atoms with van der Waals surface area (Å²) < 4.78 is 0. The van der Waals surface area contributed by atoms with E-state index in [4.69, 9.17) is 0 Å². The smallest absolute Gasteiger partial charge is 0.259 e. The first-order valence-electron chi connectivity index (χ1n) is 9.22. The van der Waals surface area contributed by atoms with E-state index in [1.54, 1.807) is 17.8 Å². The number of hydrogen-bond donors (Lipinski definition) is 2. The van der Waals surface area contributed by atoms with Crippen LogP contribution in [0.2, 0.25) is 0 Å². The van der Waals surface area contributed by atoms with Crippen molar-refractivity contribution in [1.82, 2.24) is 20.1 Å². The number of aromatic nitrogens is 3. The van der Waals surface area contributed by atoms with Crippen LogP contribution in [0.15, 0.2) is 41.4 Å².